The molecule has 1 aromatic heterocycles. The van der Waals surface area contributed by atoms with E-state index in [1.807, 2.05) is 37.4 Å². The van der Waals surface area contributed by atoms with Crippen LogP contribution in [0, 0.1) is 0 Å². The Kier molecular flexibility index (Phi) is 7.93. The van der Waals surface area contributed by atoms with Gasteiger partial charge in [-0.15, -0.1) is 10.2 Å². The number of rotatable bonds is 5. The van der Waals surface area contributed by atoms with Crippen LogP contribution in [0.3, 0.4) is 0 Å². The van der Waals surface area contributed by atoms with Crippen molar-refractivity contribution < 1.29 is 19.4 Å². The van der Waals surface area contributed by atoms with E-state index < -0.39 is 11.2 Å². The smallest absolute Gasteiger partial charge is 0.323 e. The third-order valence-electron chi connectivity index (χ3n) is 2.85. The van der Waals surface area contributed by atoms with Crippen LogP contribution >= 0.6 is 11.8 Å². The van der Waals surface area contributed by atoms with Crippen LogP contribution in [0.25, 0.3) is 0 Å². The SMILES string of the molecule is CC(=O)O.COC(=O)C(Sc1nnc(CN)n1C)c1ccccc1. The first-order valence-corrected chi connectivity index (χ1v) is 7.86. The fraction of sp³-hybridized carbons (Fsp3) is 0.333. The summed E-state index contributed by atoms with van der Waals surface area (Å²) in [4.78, 5) is 21.0. The number of aliphatic carboxylic acids is 1. The van der Waals surface area contributed by atoms with Crippen molar-refractivity contribution >= 4 is 23.7 Å². The molecule has 0 aliphatic heterocycles. The highest BCUT2D eigenvalue weighted by atomic mass is 32.2. The predicted molar refractivity (Wildman–Crippen MR) is 89.3 cm³/mol. The number of benzene rings is 1. The minimum atomic E-state index is -0.833. The quantitative estimate of drug-likeness (QED) is 0.611. The number of nitrogens with zero attached hydrogens (tertiary/aromatic N) is 3. The summed E-state index contributed by atoms with van der Waals surface area (Å²) in [7, 11) is 3.20. The summed E-state index contributed by atoms with van der Waals surface area (Å²) >= 11 is 1.30. The molecule has 8 nitrogen and oxygen atoms in total. The number of carboxylic acid groups (broad SMARTS) is 1. The lowest BCUT2D eigenvalue weighted by Crippen LogP contribution is -2.12. The van der Waals surface area contributed by atoms with Crippen molar-refractivity contribution in [1.29, 1.82) is 0 Å². The van der Waals surface area contributed by atoms with Gasteiger partial charge in [0.15, 0.2) is 5.16 Å². The number of esters is 1. The maximum atomic E-state index is 12.0. The lowest BCUT2D eigenvalue weighted by Gasteiger charge is -2.14. The van der Waals surface area contributed by atoms with Gasteiger partial charge in [0.05, 0.1) is 13.7 Å². The van der Waals surface area contributed by atoms with E-state index in [4.69, 9.17) is 20.4 Å². The number of hydrogen-bond acceptors (Lipinski definition) is 7. The molecule has 0 saturated carbocycles. The Labute approximate surface area is 144 Å². The van der Waals surface area contributed by atoms with E-state index in [0.717, 1.165) is 12.5 Å². The normalized spacial score (nSPS) is 11.2. The maximum Gasteiger partial charge on any atom is 0.323 e. The Bertz CT molecular complexity index is 671. The lowest BCUT2D eigenvalue weighted by atomic mass is 10.1. The van der Waals surface area contributed by atoms with Crippen molar-refractivity contribution in [3.8, 4) is 0 Å². The van der Waals surface area contributed by atoms with Crippen LogP contribution < -0.4 is 5.73 Å². The second kappa shape index (κ2) is 9.68. The number of ether oxygens (including phenoxy) is 1. The summed E-state index contributed by atoms with van der Waals surface area (Å²) < 4.78 is 6.65. The average molecular weight is 352 g/mol. The summed E-state index contributed by atoms with van der Waals surface area (Å²) in [6, 6.07) is 9.43. The first kappa shape index (κ1) is 19.7. The maximum absolute atomic E-state index is 12.0. The Morgan fingerprint density at radius 2 is 1.92 bits per heavy atom. The van der Waals surface area contributed by atoms with Crippen molar-refractivity contribution in [2.45, 2.75) is 23.9 Å². The molecule has 0 spiro atoms. The van der Waals surface area contributed by atoms with Gasteiger partial charge in [0.25, 0.3) is 5.97 Å². The molecule has 1 unspecified atom stereocenters. The largest absolute Gasteiger partial charge is 0.481 e. The highest BCUT2D eigenvalue weighted by Crippen LogP contribution is 2.35. The molecule has 1 aromatic carbocycles. The number of methoxy groups -OCH3 is 1. The Hall–Kier alpha value is -2.39. The zero-order chi connectivity index (χ0) is 18.1. The van der Waals surface area contributed by atoms with Gasteiger partial charge in [-0.25, -0.2) is 0 Å². The minimum Gasteiger partial charge on any atom is -0.481 e. The molecular weight excluding hydrogens is 332 g/mol. The molecule has 24 heavy (non-hydrogen) atoms. The highest BCUT2D eigenvalue weighted by Gasteiger charge is 2.25. The number of carbonyl (C=O) groups excluding carboxylic acids is 1. The van der Waals surface area contributed by atoms with Gasteiger partial charge in [-0.1, -0.05) is 42.1 Å². The van der Waals surface area contributed by atoms with E-state index in [1.165, 1.54) is 18.9 Å². The topological polar surface area (TPSA) is 120 Å². The molecule has 0 amide bonds. The van der Waals surface area contributed by atoms with E-state index in [9.17, 15) is 4.79 Å². The molecule has 0 saturated heterocycles. The molecule has 0 aliphatic carbocycles. The average Bonchev–Trinajstić information content (AvgIpc) is 2.92. The molecule has 3 N–H and O–H groups in total. The summed E-state index contributed by atoms with van der Waals surface area (Å²) in [5.41, 5.74) is 6.43. The van der Waals surface area contributed by atoms with E-state index in [1.54, 1.807) is 4.57 Å². The number of carbonyl (C=O) groups is 2. The fourth-order valence-electron chi connectivity index (χ4n) is 1.72. The van der Waals surface area contributed by atoms with Crippen LogP contribution in [0.1, 0.15) is 23.6 Å². The van der Waals surface area contributed by atoms with E-state index in [2.05, 4.69) is 10.2 Å². The summed E-state index contributed by atoms with van der Waals surface area (Å²) in [5.74, 6) is -0.484. The number of hydrogen-bond donors (Lipinski definition) is 2. The van der Waals surface area contributed by atoms with Gasteiger partial charge in [-0.2, -0.15) is 0 Å². The molecule has 2 aromatic rings. The lowest BCUT2D eigenvalue weighted by molar-refractivity contribution is -0.140. The number of nitrogens with two attached hydrogens (primary N) is 1. The molecule has 1 atom stereocenters. The van der Waals surface area contributed by atoms with Crippen molar-refractivity contribution in [1.82, 2.24) is 14.8 Å². The van der Waals surface area contributed by atoms with Gasteiger partial charge in [0.1, 0.15) is 11.1 Å². The second-order valence-electron chi connectivity index (χ2n) is 4.61. The predicted octanol–water partition coefficient (Wildman–Crippen LogP) is 1.37. The van der Waals surface area contributed by atoms with Crippen molar-refractivity contribution in [2.24, 2.45) is 12.8 Å². The van der Waals surface area contributed by atoms with Crippen molar-refractivity contribution in [3.63, 3.8) is 0 Å². The standard InChI is InChI=1S/C13H16N4O2S.C2H4O2/c1-17-10(8-14)15-16-13(17)20-11(12(18)19-2)9-6-4-3-5-7-9;1-2(3)4/h3-7,11H,8,14H2,1-2H3;1H3,(H,3,4). The first-order valence-electron chi connectivity index (χ1n) is 6.98. The third-order valence-corrected chi connectivity index (χ3v) is 4.12. The zero-order valence-electron chi connectivity index (χ0n) is 13.7. The van der Waals surface area contributed by atoms with Gasteiger partial charge >= 0.3 is 5.97 Å². The van der Waals surface area contributed by atoms with E-state index in [0.29, 0.717) is 17.5 Å². The summed E-state index contributed by atoms with van der Waals surface area (Å²) in [6.45, 7) is 1.39. The van der Waals surface area contributed by atoms with Gasteiger partial charge < -0.3 is 20.1 Å². The Morgan fingerprint density at radius 3 is 2.38 bits per heavy atom. The van der Waals surface area contributed by atoms with Gasteiger partial charge in [0.2, 0.25) is 0 Å². The van der Waals surface area contributed by atoms with Crippen molar-refractivity contribution in [2.75, 3.05) is 7.11 Å². The molecule has 9 heteroatoms. The van der Waals surface area contributed by atoms with E-state index >= 15 is 0 Å². The van der Waals surface area contributed by atoms with Crippen LogP contribution in [0.2, 0.25) is 0 Å². The van der Waals surface area contributed by atoms with Crippen LogP contribution in [0.5, 0.6) is 0 Å². The van der Waals surface area contributed by atoms with Crippen LogP contribution in [0.4, 0.5) is 0 Å². The first-order chi connectivity index (χ1) is 11.4. The van der Waals surface area contributed by atoms with Crippen molar-refractivity contribution in [3.05, 3.63) is 41.7 Å². The molecule has 1 heterocycles. The highest BCUT2D eigenvalue weighted by molar-refractivity contribution is 8.00. The van der Waals surface area contributed by atoms with Crippen LogP contribution in [-0.2, 0) is 27.9 Å². The third kappa shape index (κ3) is 5.67. The molecule has 0 bridgehead atoms. The molecule has 0 fully saturated rings. The van der Waals surface area contributed by atoms with Gasteiger partial charge in [0, 0.05) is 14.0 Å². The molecule has 130 valence electrons. The Morgan fingerprint density at radius 1 is 1.33 bits per heavy atom. The van der Waals surface area contributed by atoms with Gasteiger partial charge in [-0.05, 0) is 5.56 Å². The summed E-state index contributed by atoms with van der Waals surface area (Å²) in [5, 5.41) is 15.6. The van der Waals surface area contributed by atoms with Gasteiger partial charge in [-0.3, -0.25) is 9.59 Å². The molecule has 2 rings (SSSR count). The van der Waals surface area contributed by atoms with E-state index in [-0.39, 0.29) is 5.97 Å². The molecule has 0 radical (unpaired) electrons. The Balaban J connectivity index is 0.000000648. The number of carboxylic acids is 1. The monoisotopic (exact) mass is 352 g/mol. The molecular formula is C15H20N4O4S. The minimum absolute atomic E-state index is 0.304. The van der Waals surface area contributed by atoms with Crippen LogP contribution in [0.15, 0.2) is 35.5 Å². The van der Waals surface area contributed by atoms with Crippen LogP contribution in [-0.4, -0.2) is 38.9 Å². The summed E-state index contributed by atoms with van der Waals surface area (Å²) in [6.07, 6.45) is 0. The zero-order valence-corrected chi connectivity index (χ0v) is 14.5. The number of thioether (sulfide) groups is 1. The molecule has 0 aliphatic rings. The second-order valence-corrected chi connectivity index (χ2v) is 5.68. The fourth-order valence-corrected chi connectivity index (χ4v) is 2.77. The number of aromatic nitrogens is 3.